The quantitative estimate of drug-likeness (QED) is 0.811. The molecule has 1 fully saturated rings. The molecule has 1 saturated carbocycles. The normalized spacial score (nSPS) is 29.1. The minimum atomic E-state index is -4.90. The molecule has 1 aliphatic rings. The van der Waals surface area contributed by atoms with E-state index in [1.807, 2.05) is 5.32 Å². The van der Waals surface area contributed by atoms with Crippen molar-refractivity contribution in [3.8, 4) is 0 Å². The average Bonchev–Trinajstić information content (AvgIpc) is 2.59. The summed E-state index contributed by atoms with van der Waals surface area (Å²) in [5, 5.41) is 2.00. The topological polar surface area (TPSA) is 46.2 Å². The van der Waals surface area contributed by atoms with Crippen LogP contribution < -0.4 is 5.32 Å². The minimum Gasteiger partial charge on any atom is -0.345 e. The molecular weight excluding hydrogens is 303 g/mol. The van der Waals surface area contributed by atoms with Crippen LogP contribution in [0.2, 0.25) is 0 Å². The number of hydrogen-bond donors (Lipinski definition) is 1. The van der Waals surface area contributed by atoms with Crippen molar-refractivity contribution >= 4 is 27.6 Å². The van der Waals surface area contributed by atoms with Gasteiger partial charge in [0.2, 0.25) is 0 Å². The van der Waals surface area contributed by atoms with Crippen LogP contribution in [0.5, 0.6) is 0 Å². The summed E-state index contributed by atoms with van der Waals surface area (Å²) in [4.78, 5) is 22.6. The maximum Gasteiger partial charge on any atom is 0.471 e. The highest BCUT2D eigenvalue weighted by Gasteiger charge is 2.48. The zero-order valence-corrected chi connectivity index (χ0v) is 10.8. The molecule has 1 N–H and O–H groups in total. The van der Waals surface area contributed by atoms with Gasteiger partial charge in [0.15, 0.2) is 5.78 Å². The van der Waals surface area contributed by atoms with Crippen molar-refractivity contribution in [1.29, 1.82) is 0 Å². The molecule has 0 aliphatic heterocycles. The zero-order valence-electron chi connectivity index (χ0n) is 9.23. The van der Waals surface area contributed by atoms with Crippen molar-refractivity contribution in [2.45, 2.75) is 38.4 Å². The molecule has 1 aliphatic carbocycles. The number of Topliss-reactive ketones (excluding diaryl/α,β-unsaturated/α-hetero) is 1. The number of amides is 1. The summed E-state index contributed by atoms with van der Waals surface area (Å²) in [6.45, 7) is 1.60. The SMILES string of the molecule is CC1(C(=O)CBr)CCCC1NC(=O)C(F)(F)F. The molecule has 1 amide bonds. The van der Waals surface area contributed by atoms with Crippen molar-refractivity contribution in [3.63, 3.8) is 0 Å². The van der Waals surface area contributed by atoms with Gasteiger partial charge in [-0.1, -0.05) is 29.3 Å². The Morgan fingerprint density at radius 1 is 1.47 bits per heavy atom. The van der Waals surface area contributed by atoms with Gasteiger partial charge >= 0.3 is 12.1 Å². The van der Waals surface area contributed by atoms with E-state index in [0.29, 0.717) is 19.3 Å². The number of hydrogen-bond acceptors (Lipinski definition) is 2. The van der Waals surface area contributed by atoms with E-state index in [9.17, 15) is 22.8 Å². The summed E-state index contributed by atoms with van der Waals surface area (Å²) in [7, 11) is 0. The molecule has 0 bridgehead atoms. The maximum absolute atomic E-state index is 12.1. The number of carbonyl (C=O) groups excluding carboxylic acids is 2. The summed E-state index contributed by atoms with van der Waals surface area (Å²) < 4.78 is 36.4. The molecule has 0 saturated heterocycles. The second-order valence-electron chi connectivity index (χ2n) is 4.39. The van der Waals surface area contributed by atoms with Crippen molar-refractivity contribution in [3.05, 3.63) is 0 Å². The Kier molecular flexibility index (Phi) is 4.22. The first-order valence-electron chi connectivity index (χ1n) is 5.19. The second kappa shape index (κ2) is 4.96. The Morgan fingerprint density at radius 3 is 2.53 bits per heavy atom. The lowest BCUT2D eigenvalue weighted by Gasteiger charge is -2.30. The molecule has 0 radical (unpaired) electrons. The molecule has 0 aromatic rings. The Bertz CT molecular complexity index is 332. The van der Waals surface area contributed by atoms with E-state index in [1.54, 1.807) is 6.92 Å². The smallest absolute Gasteiger partial charge is 0.345 e. The van der Waals surface area contributed by atoms with E-state index >= 15 is 0 Å². The summed E-state index contributed by atoms with van der Waals surface area (Å²) in [6, 6.07) is -0.735. The predicted octanol–water partition coefficient (Wildman–Crippen LogP) is 2.19. The predicted molar refractivity (Wildman–Crippen MR) is 58.7 cm³/mol. The lowest BCUT2D eigenvalue weighted by molar-refractivity contribution is -0.175. The van der Waals surface area contributed by atoms with Gasteiger partial charge in [-0.2, -0.15) is 13.2 Å². The molecule has 0 spiro atoms. The number of rotatable bonds is 3. The fourth-order valence-corrected chi connectivity index (χ4v) is 2.76. The molecule has 0 heterocycles. The molecule has 17 heavy (non-hydrogen) atoms. The van der Waals surface area contributed by atoms with Crippen LogP contribution in [0.15, 0.2) is 0 Å². The van der Waals surface area contributed by atoms with E-state index in [0.717, 1.165) is 0 Å². The van der Waals surface area contributed by atoms with Crippen molar-refractivity contribution in [1.82, 2.24) is 5.32 Å². The minimum absolute atomic E-state index is 0.0852. The van der Waals surface area contributed by atoms with E-state index in [-0.39, 0.29) is 11.1 Å². The number of halogens is 4. The van der Waals surface area contributed by atoms with Crippen molar-refractivity contribution in [2.24, 2.45) is 5.41 Å². The highest BCUT2D eigenvalue weighted by molar-refractivity contribution is 9.09. The number of nitrogens with one attached hydrogen (secondary N) is 1. The van der Waals surface area contributed by atoms with E-state index in [4.69, 9.17) is 0 Å². The third-order valence-electron chi connectivity index (χ3n) is 3.28. The van der Waals surface area contributed by atoms with Crippen LogP contribution in [0.25, 0.3) is 0 Å². The highest BCUT2D eigenvalue weighted by Crippen LogP contribution is 2.39. The molecule has 7 heteroatoms. The maximum atomic E-state index is 12.1. The van der Waals surface area contributed by atoms with Crippen LogP contribution in [-0.2, 0) is 9.59 Å². The highest BCUT2D eigenvalue weighted by atomic mass is 79.9. The van der Waals surface area contributed by atoms with Gasteiger partial charge in [-0.05, 0) is 12.8 Å². The van der Waals surface area contributed by atoms with E-state index in [2.05, 4.69) is 15.9 Å². The second-order valence-corrected chi connectivity index (χ2v) is 4.95. The molecular formula is C10H13BrF3NO2. The van der Waals surface area contributed by atoms with Gasteiger partial charge < -0.3 is 5.32 Å². The van der Waals surface area contributed by atoms with Gasteiger partial charge in [-0.25, -0.2) is 0 Å². The van der Waals surface area contributed by atoms with E-state index in [1.165, 1.54) is 0 Å². The summed E-state index contributed by atoms with van der Waals surface area (Å²) in [5.74, 6) is -2.15. The molecule has 98 valence electrons. The Labute approximate surface area is 105 Å². The van der Waals surface area contributed by atoms with Gasteiger partial charge in [-0.3, -0.25) is 9.59 Å². The number of carbonyl (C=O) groups is 2. The van der Waals surface area contributed by atoms with Crippen LogP contribution in [0.4, 0.5) is 13.2 Å². The largest absolute Gasteiger partial charge is 0.471 e. The first-order valence-corrected chi connectivity index (χ1v) is 6.31. The number of ketones is 1. The summed E-state index contributed by atoms with van der Waals surface area (Å²) >= 11 is 3.01. The van der Waals surface area contributed by atoms with Gasteiger partial charge in [-0.15, -0.1) is 0 Å². The van der Waals surface area contributed by atoms with Crippen LogP contribution >= 0.6 is 15.9 Å². The van der Waals surface area contributed by atoms with E-state index < -0.39 is 23.5 Å². The molecule has 0 aromatic carbocycles. The monoisotopic (exact) mass is 315 g/mol. The zero-order chi connectivity index (χ0) is 13.3. The van der Waals surface area contributed by atoms with Crippen LogP contribution in [0.1, 0.15) is 26.2 Å². The Hall–Kier alpha value is -0.590. The number of alkyl halides is 4. The lowest BCUT2D eigenvalue weighted by Crippen LogP contribution is -2.51. The average molecular weight is 316 g/mol. The van der Waals surface area contributed by atoms with Gasteiger partial charge in [0.25, 0.3) is 0 Å². The molecule has 2 unspecified atom stereocenters. The fourth-order valence-electron chi connectivity index (χ4n) is 2.12. The first kappa shape index (κ1) is 14.5. The van der Waals surface area contributed by atoms with Gasteiger partial charge in [0.05, 0.1) is 5.33 Å². The third kappa shape index (κ3) is 3.00. The van der Waals surface area contributed by atoms with Crippen LogP contribution in [0, 0.1) is 5.41 Å². The van der Waals surface area contributed by atoms with Gasteiger partial charge in [0.1, 0.15) is 0 Å². The summed E-state index contributed by atoms with van der Waals surface area (Å²) in [6.07, 6.45) is -3.36. The van der Waals surface area contributed by atoms with Gasteiger partial charge in [0, 0.05) is 11.5 Å². The Balaban J connectivity index is 2.77. The Morgan fingerprint density at radius 2 is 2.06 bits per heavy atom. The molecule has 2 atom stereocenters. The van der Waals surface area contributed by atoms with Crippen LogP contribution in [0.3, 0.4) is 0 Å². The fraction of sp³-hybridized carbons (Fsp3) is 0.800. The van der Waals surface area contributed by atoms with Crippen molar-refractivity contribution < 1.29 is 22.8 Å². The molecule has 3 nitrogen and oxygen atoms in total. The first-order chi connectivity index (χ1) is 7.71. The molecule has 1 rings (SSSR count). The third-order valence-corrected chi connectivity index (χ3v) is 3.79. The molecule has 0 aromatic heterocycles. The van der Waals surface area contributed by atoms with Crippen LogP contribution in [-0.4, -0.2) is 29.2 Å². The van der Waals surface area contributed by atoms with Crippen molar-refractivity contribution in [2.75, 3.05) is 5.33 Å². The standard InChI is InChI=1S/C10H13BrF3NO2/c1-9(7(16)5-11)4-2-3-6(9)15-8(17)10(12,13)14/h6H,2-5H2,1H3,(H,15,17). The summed E-state index contributed by atoms with van der Waals surface area (Å²) in [5.41, 5.74) is -0.898. The lowest BCUT2D eigenvalue weighted by atomic mass is 9.81.